The third-order valence-corrected chi connectivity index (χ3v) is 1.09. The first kappa shape index (κ1) is 9.89. The normalized spacial score (nSPS) is 12.1. The van der Waals surface area contributed by atoms with E-state index in [0.29, 0.717) is 0 Å². The molecule has 0 aromatic rings. The molecule has 0 rings (SSSR count). The zero-order valence-electron chi connectivity index (χ0n) is 7.52. The van der Waals surface area contributed by atoms with Crippen molar-refractivity contribution in [2.24, 2.45) is 4.99 Å². The Morgan fingerprint density at radius 3 is 2.09 bits per heavy atom. The van der Waals surface area contributed by atoms with Crippen molar-refractivity contribution in [3.8, 4) is 0 Å². The van der Waals surface area contributed by atoms with Crippen molar-refractivity contribution in [2.45, 2.75) is 20.8 Å². The Morgan fingerprint density at radius 2 is 1.82 bits per heavy atom. The molecule has 11 heavy (non-hydrogen) atoms. The zero-order chi connectivity index (χ0) is 8.85. The maximum absolute atomic E-state index is 4.14. The number of hydrogen-bond acceptors (Lipinski definition) is 1. The molecule has 1 nitrogen and oxygen atoms in total. The van der Waals surface area contributed by atoms with Gasteiger partial charge in [0.25, 0.3) is 0 Å². The van der Waals surface area contributed by atoms with Gasteiger partial charge in [-0.3, -0.25) is 4.99 Å². The van der Waals surface area contributed by atoms with Gasteiger partial charge in [0.05, 0.1) is 5.70 Å². The van der Waals surface area contributed by atoms with Crippen LogP contribution in [0, 0.1) is 0 Å². The maximum Gasteiger partial charge on any atom is 0.0651 e. The molecular weight excluding hydrogens is 134 g/mol. The van der Waals surface area contributed by atoms with Crippen molar-refractivity contribution < 1.29 is 0 Å². The molecular formula is C10H15N. The Morgan fingerprint density at radius 1 is 1.27 bits per heavy atom. The summed E-state index contributed by atoms with van der Waals surface area (Å²) in [6.07, 6.45) is 3.67. The van der Waals surface area contributed by atoms with Gasteiger partial charge >= 0.3 is 0 Å². The average Bonchev–Trinajstić information content (AvgIpc) is 1.86. The van der Waals surface area contributed by atoms with Crippen LogP contribution < -0.4 is 0 Å². The zero-order valence-corrected chi connectivity index (χ0v) is 7.52. The number of allylic oxidation sites excluding steroid dienone is 3. The molecule has 60 valence electrons. The molecule has 0 spiro atoms. The highest BCUT2D eigenvalue weighted by Gasteiger charge is 1.92. The van der Waals surface area contributed by atoms with Crippen LogP contribution in [0.2, 0.25) is 0 Å². The van der Waals surface area contributed by atoms with Gasteiger partial charge in [-0.1, -0.05) is 18.7 Å². The van der Waals surface area contributed by atoms with E-state index in [1.807, 2.05) is 26.8 Å². The Bertz CT molecular complexity index is 219. The third-order valence-electron chi connectivity index (χ3n) is 1.09. The molecule has 0 bridgehead atoms. The number of nitrogens with zero attached hydrogens (tertiary/aromatic N) is 1. The predicted octanol–water partition coefficient (Wildman–Crippen LogP) is 3.11. The first-order chi connectivity index (χ1) is 5.07. The fourth-order valence-electron chi connectivity index (χ4n) is 0.643. The highest BCUT2D eigenvalue weighted by molar-refractivity contribution is 5.57. The number of hydrogen-bond donors (Lipinski definition) is 0. The third kappa shape index (κ3) is 4.31. The van der Waals surface area contributed by atoms with Crippen LogP contribution in [0.5, 0.6) is 0 Å². The molecule has 0 aliphatic carbocycles. The Balaban J connectivity index is 4.59. The molecule has 0 amide bonds. The van der Waals surface area contributed by atoms with E-state index in [0.717, 1.165) is 16.8 Å². The summed E-state index contributed by atoms with van der Waals surface area (Å²) in [6.45, 7) is 13.3. The molecule has 0 saturated heterocycles. The second-order valence-corrected chi connectivity index (χ2v) is 2.54. The van der Waals surface area contributed by atoms with Crippen molar-refractivity contribution >= 4 is 6.21 Å². The van der Waals surface area contributed by atoms with Crippen LogP contribution in [0.4, 0.5) is 0 Å². The van der Waals surface area contributed by atoms with Gasteiger partial charge in [0.2, 0.25) is 0 Å². The number of aliphatic imine (C=N–C) groups is 1. The lowest BCUT2D eigenvalue weighted by molar-refractivity contribution is 1.28. The highest BCUT2D eigenvalue weighted by atomic mass is 14.7. The van der Waals surface area contributed by atoms with Crippen LogP contribution in [-0.2, 0) is 0 Å². The molecule has 0 aromatic carbocycles. The molecule has 0 N–H and O–H groups in total. The Labute approximate surface area is 68.9 Å². The van der Waals surface area contributed by atoms with Crippen molar-refractivity contribution in [2.75, 3.05) is 0 Å². The summed E-state index contributed by atoms with van der Waals surface area (Å²) in [5.41, 5.74) is 2.86. The summed E-state index contributed by atoms with van der Waals surface area (Å²) < 4.78 is 0. The molecule has 0 aromatic heterocycles. The predicted molar refractivity (Wildman–Crippen MR) is 51.9 cm³/mol. The van der Waals surface area contributed by atoms with Crippen LogP contribution in [0.15, 0.2) is 41.1 Å². The second-order valence-electron chi connectivity index (χ2n) is 2.54. The monoisotopic (exact) mass is 149 g/mol. The topological polar surface area (TPSA) is 12.4 Å². The lowest BCUT2D eigenvalue weighted by Gasteiger charge is -1.98. The van der Waals surface area contributed by atoms with Gasteiger partial charge in [-0.05, 0) is 32.4 Å². The molecule has 0 aliphatic rings. The van der Waals surface area contributed by atoms with Gasteiger partial charge < -0.3 is 0 Å². The van der Waals surface area contributed by atoms with Crippen molar-refractivity contribution in [3.63, 3.8) is 0 Å². The summed E-state index contributed by atoms with van der Waals surface area (Å²) in [5.74, 6) is 0. The summed E-state index contributed by atoms with van der Waals surface area (Å²) in [7, 11) is 0. The van der Waals surface area contributed by atoms with E-state index in [1.165, 1.54) is 0 Å². The Hall–Kier alpha value is -1.11. The lowest BCUT2D eigenvalue weighted by atomic mass is 10.2. The van der Waals surface area contributed by atoms with Gasteiger partial charge in [0, 0.05) is 6.21 Å². The molecule has 0 saturated carbocycles. The number of rotatable bonds is 3. The summed E-state index contributed by atoms with van der Waals surface area (Å²) in [6, 6.07) is 0. The van der Waals surface area contributed by atoms with Crippen LogP contribution in [0.1, 0.15) is 20.8 Å². The minimum Gasteiger partial charge on any atom is -0.261 e. The van der Waals surface area contributed by atoms with Crippen LogP contribution in [0.3, 0.4) is 0 Å². The van der Waals surface area contributed by atoms with Gasteiger partial charge in [0.1, 0.15) is 0 Å². The smallest absolute Gasteiger partial charge is 0.0651 e. The van der Waals surface area contributed by atoms with Crippen LogP contribution in [0.25, 0.3) is 0 Å². The molecule has 0 fully saturated rings. The van der Waals surface area contributed by atoms with E-state index in [-0.39, 0.29) is 0 Å². The summed E-state index contributed by atoms with van der Waals surface area (Å²) in [4.78, 5) is 4.14. The van der Waals surface area contributed by atoms with Gasteiger partial charge in [-0.25, -0.2) is 0 Å². The first-order valence-corrected chi connectivity index (χ1v) is 3.59. The van der Waals surface area contributed by atoms with E-state index < -0.39 is 0 Å². The molecule has 0 aliphatic heterocycles. The van der Waals surface area contributed by atoms with Gasteiger partial charge in [0.15, 0.2) is 0 Å². The van der Waals surface area contributed by atoms with E-state index in [9.17, 15) is 0 Å². The molecule has 0 heterocycles. The second kappa shape index (κ2) is 4.67. The minimum absolute atomic E-state index is 0.903. The van der Waals surface area contributed by atoms with Crippen molar-refractivity contribution in [3.05, 3.63) is 36.1 Å². The molecule has 1 heteroatoms. The van der Waals surface area contributed by atoms with E-state index >= 15 is 0 Å². The SMILES string of the molecule is C=C(C)/C=C(/N=CC)C(=C)C. The minimum atomic E-state index is 0.903. The largest absolute Gasteiger partial charge is 0.261 e. The fraction of sp³-hybridized carbons (Fsp3) is 0.300. The first-order valence-electron chi connectivity index (χ1n) is 3.59. The molecule has 0 radical (unpaired) electrons. The fourth-order valence-corrected chi connectivity index (χ4v) is 0.643. The van der Waals surface area contributed by atoms with E-state index in [4.69, 9.17) is 0 Å². The maximum atomic E-state index is 4.14. The quantitative estimate of drug-likeness (QED) is 0.432. The van der Waals surface area contributed by atoms with Crippen molar-refractivity contribution in [1.82, 2.24) is 0 Å². The lowest BCUT2D eigenvalue weighted by Crippen LogP contribution is -1.80. The standard InChI is InChI=1S/C10H15N/c1-6-11-10(9(4)5)7-8(2)3/h6-7H,2,4H2,1,3,5H3/b10-7+,11-6?. The molecule has 0 atom stereocenters. The molecule has 0 unspecified atom stereocenters. The van der Waals surface area contributed by atoms with E-state index in [2.05, 4.69) is 18.2 Å². The van der Waals surface area contributed by atoms with Crippen LogP contribution in [-0.4, -0.2) is 6.21 Å². The summed E-state index contributed by atoms with van der Waals surface area (Å²) in [5, 5.41) is 0. The Kier molecular flexibility index (Phi) is 4.20. The van der Waals surface area contributed by atoms with E-state index in [1.54, 1.807) is 6.21 Å². The van der Waals surface area contributed by atoms with Crippen LogP contribution >= 0.6 is 0 Å². The van der Waals surface area contributed by atoms with Gasteiger partial charge in [-0.2, -0.15) is 0 Å². The highest BCUT2D eigenvalue weighted by Crippen LogP contribution is 2.10. The van der Waals surface area contributed by atoms with Crippen molar-refractivity contribution in [1.29, 1.82) is 0 Å². The summed E-state index contributed by atoms with van der Waals surface area (Å²) >= 11 is 0. The average molecular weight is 149 g/mol. The van der Waals surface area contributed by atoms with Gasteiger partial charge in [-0.15, -0.1) is 0 Å².